The van der Waals surface area contributed by atoms with E-state index in [4.69, 9.17) is 15.4 Å². The molecule has 2 aromatic heterocycles. The third kappa shape index (κ3) is 4.63. The van der Waals surface area contributed by atoms with Gasteiger partial charge in [0.15, 0.2) is 5.76 Å². The zero-order valence-electron chi connectivity index (χ0n) is 18.7. The van der Waals surface area contributed by atoms with E-state index in [0.29, 0.717) is 52.0 Å². The molecule has 0 atom stereocenters. The topological polar surface area (TPSA) is 122 Å². The fourth-order valence-corrected chi connectivity index (χ4v) is 4.46. The van der Waals surface area contributed by atoms with Gasteiger partial charge in [-0.3, -0.25) is 9.59 Å². The van der Waals surface area contributed by atoms with Crippen molar-refractivity contribution in [2.45, 2.75) is 13.8 Å². The van der Waals surface area contributed by atoms with Crippen molar-refractivity contribution >= 4 is 40.8 Å². The number of carbonyl (C=O) groups is 2. The molecule has 1 aliphatic rings. The average molecular weight is 474 g/mol. The molecule has 9 heteroatoms. The summed E-state index contributed by atoms with van der Waals surface area (Å²) in [6.07, 6.45) is 4.23. The highest BCUT2D eigenvalue weighted by Gasteiger charge is 2.32. The summed E-state index contributed by atoms with van der Waals surface area (Å²) in [6, 6.07) is 11.0. The molecular formula is C25H23N5O3S. The van der Waals surface area contributed by atoms with Gasteiger partial charge in [0.25, 0.3) is 11.8 Å². The number of carbonyl (C=O) groups excluding carboxylic acids is 2. The van der Waals surface area contributed by atoms with Crippen LogP contribution in [-0.2, 0) is 0 Å². The van der Waals surface area contributed by atoms with Gasteiger partial charge in [-0.15, -0.1) is 11.3 Å². The van der Waals surface area contributed by atoms with Crippen molar-refractivity contribution in [3.63, 3.8) is 0 Å². The number of benzene rings is 1. The number of rotatable bonds is 7. The van der Waals surface area contributed by atoms with Gasteiger partial charge in [0.1, 0.15) is 5.75 Å². The lowest BCUT2D eigenvalue weighted by molar-refractivity contribution is 0.0576. The van der Waals surface area contributed by atoms with E-state index in [1.807, 2.05) is 25.3 Å². The van der Waals surface area contributed by atoms with Crippen LogP contribution in [-0.4, -0.2) is 41.0 Å². The van der Waals surface area contributed by atoms with Gasteiger partial charge in [0, 0.05) is 37.3 Å². The predicted molar refractivity (Wildman–Crippen MR) is 131 cm³/mol. The second kappa shape index (κ2) is 9.77. The van der Waals surface area contributed by atoms with E-state index < -0.39 is 0 Å². The Balaban J connectivity index is 1.46. The van der Waals surface area contributed by atoms with Crippen LogP contribution in [0.4, 0.5) is 5.69 Å². The number of thiophene rings is 1. The van der Waals surface area contributed by atoms with Crippen molar-refractivity contribution < 1.29 is 14.3 Å². The number of nitriles is 1. The lowest BCUT2D eigenvalue weighted by Gasteiger charge is -2.35. The first-order valence-electron chi connectivity index (χ1n) is 10.6. The van der Waals surface area contributed by atoms with Crippen LogP contribution in [0.2, 0.25) is 0 Å². The number of hydrogen-bond acceptors (Lipinski definition) is 6. The Kier molecular flexibility index (Phi) is 6.61. The number of ether oxygens (including phenoxy) is 1. The number of amides is 2. The molecule has 3 N–H and O–H groups in total. The van der Waals surface area contributed by atoms with E-state index in [1.54, 1.807) is 35.4 Å². The van der Waals surface area contributed by atoms with Crippen molar-refractivity contribution in [1.82, 2.24) is 9.88 Å². The molecule has 34 heavy (non-hydrogen) atoms. The first kappa shape index (κ1) is 23.0. The van der Waals surface area contributed by atoms with E-state index >= 15 is 0 Å². The fraction of sp³-hybridized carbons (Fsp3) is 0.200. The number of hydrogen-bond donors (Lipinski definition) is 3. The maximum atomic E-state index is 12.8. The molecule has 2 amide bonds. The second-order valence-corrected chi connectivity index (χ2v) is 8.87. The third-order valence-electron chi connectivity index (χ3n) is 5.61. The molecule has 0 saturated carbocycles. The Hall–Kier alpha value is -4.16. The van der Waals surface area contributed by atoms with Gasteiger partial charge in [-0.2, -0.15) is 5.26 Å². The highest BCUT2D eigenvalue weighted by Crippen LogP contribution is 2.28. The summed E-state index contributed by atoms with van der Waals surface area (Å²) in [6.45, 7) is 4.58. The molecule has 8 nitrogen and oxygen atoms in total. The summed E-state index contributed by atoms with van der Waals surface area (Å²) < 4.78 is 6.00. The minimum Gasteiger partial charge on any atom is -0.455 e. The molecule has 0 radical (unpaired) electrons. The van der Waals surface area contributed by atoms with Crippen LogP contribution in [0.3, 0.4) is 0 Å². The highest BCUT2D eigenvalue weighted by atomic mass is 32.1. The number of H-pyrrole nitrogens is 1. The Morgan fingerprint density at radius 1 is 1.26 bits per heavy atom. The molecule has 0 spiro atoms. The van der Waals surface area contributed by atoms with Gasteiger partial charge in [-0.05, 0) is 60.7 Å². The van der Waals surface area contributed by atoms with Crippen molar-refractivity contribution in [2.75, 3.05) is 18.4 Å². The third-order valence-corrected chi connectivity index (χ3v) is 6.63. The minimum atomic E-state index is -0.159. The van der Waals surface area contributed by atoms with Gasteiger partial charge in [0.2, 0.25) is 0 Å². The maximum Gasteiger partial charge on any atom is 0.265 e. The lowest BCUT2D eigenvalue weighted by atomic mass is 10.00. The highest BCUT2D eigenvalue weighted by molar-refractivity contribution is 7.12. The molecule has 1 fully saturated rings. The summed E-state index contributed by atoms with van der Waals surface area (Å²) in [5.41, 5.74) is 3.37. The van der Waals surface area contributed by atoms with Crippen LogP contribution in [0, 0.1) is 36.5 Å². The Morgan fingerprint density at radius 3 is 2.62 bits per heavy atom. The monoisotopic (exact) mass is 473 g/mol. The standard InChI is InChI=1S/C25H23N5O3S/c1-15-8-10-34-23(15)24(31)29-18-3-5-19(6-4-18)33-21(7-9-26)22-16(2)20(12-28-22)25(32)30-13-17(11-27)14-30/h3-10,12,17,26,28H,13-14H2,1-2H3,(H,29,31)/b21-7+,26-9?. The van der Waals surface area contributed by atoms with Crippen LogP contribution in [0.25, 0.3) is 5.76 Å². The molecule has 0 unspecified atom stereocenters. The van der Waals surface area contributed by atoms with E-state index in [0.717, 1.165) is 11.8 Å². The molecule has 3 aromatic rings. The van der Waals surface area contributed by atoms with Crippen LogP contribution < -0.4 is 10.1 Å². The molecule has 1 aromatic carbocycles. The number of aromatic nitrogens is 1. The number of allylic oxidation sites excluding steroid dienone is 1. The molecule has 0 aliphatic carbocycles. The van der Waals surface area contributed by atoms with Crippen molar-refractivity contribution in [3.05, 3.63) is 75.2 Å². The minimum absolute atomic E-state index is 0.110. The fourth-order valence-electron chi connectivity index (χ4n) is 3.64. The summed E-state index contributed by atoms with van der Waals surface area (Å²) >= 11 is 1.39. The molecule has 172 valence electrons. The first-order chi connectivity index (χ1) is 16.4. The van der Waals surface area contributed by atoms with Gasteiger partial charge < -0.3 is 25.3 Å². The van der Waals surface area contributed by atoms with Gasteiger partial charge in [-0.1, -0.05) is 0 Å². The van der Waals surface area contributed by atoms with E-state index in [-0.39, 0.29) is 17.7 Å². The number of aryl methyl sites for hydroxylation is 1. The smallest absolute Gasteiger partial charge is 0.265 e. The average Bonchev–Trinajstić information content (AvgIpc) is 3.39. The quantitative estimate of drug-likeness (QED) is 0.343. The van der Waals surface area contributed by atoms with Gasteiger partial charge in [-0.25, -0.2) is 0 Å². The molecule has 1 saturated heterocycles. The largest absolute Gasteiger partial charge is 0.455 e. The van der Waals surface area contributed by atoms with E-state index in [1.165, 1.54) is 17.4 Å². The van der Waals surface area contributed by atoms with Crippen molar-refractivity contribution in [1.29, 1.82) is 10.7 Å². The Bertz CT molecular complexity index is 1310. The van der Waals surface area contributed by atoms with Crippen LogP contribution >= 0.6 is 11.3 Å². The number of nitrogens with zero attached hydrogens (tertiary/aromatic N) is 2. The molecular weight excluding hydrogens is 450 g/mol. The van der Waals surface area contributed by atoms with Gasteiger partial charge >= 0.3 is 0 Å². The van der Waals surface area contributed by atoms with Crippen LogP contribution in [0.1, 0.15) is 36.9 Å². The van der Waals surface area contributed by atoms with E-state index in [9.17, 15) is 9.59 Å². The SMILES string of the molecule is Cc1ccsc1C(=O)Nc1ccc(O/C(=C/C=N)c2[nH]cc(C(=O)N3CC(C#N)C3)c2C)cc1. The zero-order valence-corrected chi connectivity index (χ0v) is 19.5. The zero-order chi connectivity index (χ0) is 24.2. The predicted octanol–water partition coefficient (Wildman–Crippen LogP) is 4.61. The van der Waals surface area contributed by atoms with Crippen molar-refractivity contribution in [3.8, 4) is 11.8 Å². The van der Waals surface area contributed by atoms with Crippen molar-refractivity contribution in [2.24, 2.45) is 5.92 Å². The number of aromatic amines is 1. The Labute approximate surface area is 201 Å². The number of nitrogens with one attached hydrogen (secondary N) is 3. The van der Waals surface area contributed by atoms with Gasteiger partial charge in [0.05, 0.1) is 28.1 Å². The lowest BCUT2D eigenvalue weighted by Crippen LogP contribution is -2.49. The summed E-state index contributed by atoms with van der Waals surface area (Å²) in [7, 11) is 0. The molecule has 0 bridgehead atoms. The van der Waals surface area contributed by atoms with E-state index in [2.05, 4.69) is 16.4 Å². The normalized spacial score (nSPS) is 13.7. The Morgan fingerprint density at radius 2 is 2.00 bits per heavy atom. The summed E-state index contributed by atoms with van der Waals surface area (Å²) in [4.78, 5) is 30.6. The molecule has 3 heterocycles. The number of anilines is 1. The molecule has 1 aliphatic heterocycles. The number of likely N-dealkylation sites (tertiary alicyclic amines) is 1. The maximum absolute atomic E-state index is 12.8. The molecule has 4 rings (SSSR count). The van der Waals surface area contributed by atoms with Crippen LogP contribution in [0.5, 0.6) is 5.75 Å². The first-order valence-corrected chi connectivity index (χ1v) is 11.5. The second-order valence-electron chi connectivity index (χ2n) is 7.95. The summed E-state index contributed by atoms with van der Waals surface area (Å²) in [5, 5.41) is 21.2. The van der Waals surface area contributed by atoms with Crippen LogP contribution in [0.15, 0.2) is 48.0 Å². The summed E-state index contributed by atoms with van der Waals surface area (Å²) in [5.74, 6) is 0.493.